The number of aliphatic carboxylic acids is 1. The Kier molecular flexibility index (Phi) is 7.32. The predicted molar refractivity (Wildman–Crippen MR) is 133 cm³/mol. The Balaban J connectivity index is 1.68. The van der Waals surface area contributed by atoms with Gasteiger partial charge in [0, 0.05) is 29.3 Å². The first-order valence-electron chi connectivity index (χ1n) is 12.1. The maximum Gasteiger partial charge on any atom is 0.306 e. The topological polar surface area (TPSA) is 72.2 Å². The molecule has 176 valence electrons. The van der Waals surface area contributed by atoms with Crippen molar-refractivity contribution in [3.8, 4) is 0 Å². The lowest BCUT2D eigenvalue weighted by molar-refractivity contribution is -0.142. The first-order chi connectivity index (χ1) is 15.8. The van der Waals surface area contributed by atoms with Gasteiger partial charge in [-0.05, 0) is 60.7 Å². The Morgan fingerprint density at radius 3 is 2.67 bits per heavy atom. The molecule has 1 fully saturated rings. The van der Waals surface area contributed by atoms with Gasteiger partial charge in [0.1, 0.15) is 5.82 Å². The zero-order chi connectivity index (χ0) is 23.5. The van der Waals surface area contributed by atoms with E-state index >= 15 is 0 Å². The molecular weight excluding hydrogens is 432 g/mol. The molecule has 0 amide bonds. The summed E-state index contributed by atoms with van der Waals surface area (Å²) in [5.74, 6) is 0.209. The molecule has 1 N–H and O–H groups in total. The molecule has 2 heterocycles. The molecule has 1 aliphatic carbocycles. The number of carboxylic acid groups (broad SMARTS) is 1. The van der Waals surface area contributed by atoms with E-state index in [4.69, 9.17) is 4.98 Å². The van der Waals surface area contributed by atoms with E-state index in [9.17, 15) is 14.7 Å². The van der Waals surface area contributed by atoms with Crippen molar-refractivity contribution in [3.63, 3.8) is 0 Å². The van der Waals surface area contributed by atoms with Crippen LogP contribution in [0.5, 0.6) is 0 Å². The fourth-order valence-corrected chi connectivity index (χ4v) is 5.95. The summed E-state index contributed by atoms with van der Waals surface area (Å²) in [6.07, 6.45) is 6.21. The van der Waals surface area contributed by atoms with Gasteiger partial charge in [0.05, 0.1) is 17.0 Å². The minimum absolute atomic E-state index is 0.0292. The number of benzene rings is 1. The van der Waals surface area contributed by atoms with Crippen LogP contribution in [-0.2, 0) is 11.2 Å². The molecule has 0 radical (unpaired) electrons. The Bertz CT molecular complexity index is 1120. The van der Waals surface area contributed by atoms with E-state index in [2.05, 4.69) is 29.0 Å². The fourth-order valence-electron chi connectivity index (χ4n) is 5.25. The van der Waals surface area contributed by atoms with Crippen molar-refractivity contribution in [3.05, 3.63) is 52.0 Å². The van der Waals surface area contributed by atoms with E-state index < -0.39 is 11.9 Å². The van der Waals surface area contributed by atoms with Crippen LogP contribution < -0.4 is 0 Å². The van der Waals surface area contributed by atoms with E-state index in [0.717, 1.165) is 29.7 Å². The van der Waals surface area contributed by atoms with Gasteiger partial charge in [-0.1, -0.05) is 39.7 Å². The summed E-state index contributed by atoms with van der Waals surface area (Å²) in [6.45, 7) is 6.31. The van der Waals surface area contributed by atoms with Crippen LogP contribution in [0, 0.1) is 17.8 Å². The lowest BCUT2D eigenvalue weighted by Crippen LogP contribution is -2.23. The van der Waals surface area contributed by atoms with Gasteiger partial charge in [-0.3, -0.25) is 9.59 Å². The molecule has 2 aromatic heterocycles. The van der Waals surface area contributed by atoms with Gasteiger partial charge in [0.15, 0.2) is 5.78 Å². The number of thiophene rings is 1. The first kappa shape index (κ1) is 23.7. The summed E-state index contributed by atoms with van der Waals surface area (Å²) < 4.78 is 2.42. The van der Waals surface area contributed by atoms with Crippen LogP contribution in [-0.4, -0.2) is 26.4 Å². The predicted octanol–water partition coefficient (Wildman–Crippen LogP) is 6.76. The second kappa shape index (κ2) is 10.2. The second-order valence-corrected chi connectivity index (χ2v) is 11.0. The molecule has 1 saturated carbocycles. The molecule has 33 heavy (non-hydrogen) atoms. The lowest BCUT2D eigenvalue weighted by atomic mass is 9.85. The molecule has 1 aromatic carbocycles. The van der Waals surface area contributed by atoms with E-state index in [-0.39, 0.29) is 18.1 Å². The van der Waals surface area contributed by atoms with Crippen molar-refractivity contribution in [2.24, 2.45) is 17.8 Å². The number of rotatable bonds is 9. The van der Waals surface area contributed by atoms with Crippen LogP contribution in [0.3, 0.4) is 0 Å². The van der Waals surface area contributed by atoms with Crippen LogP contribution >= 0.6 is 11.3 Å². The van der Waals surface area contributed by atoms with E-state index in [1.165, 1.54) is 24.1 Å². The average Bonchev–Trinajstić information content (AvgIpc) is 3.40. The monoisotopic (exact) mass is 466 g/mol. The van der Waals surface area contributed by atoms with E-state index in [1.54, 1.807) is 11.3 Å². The highest BCUT2D eigenvalue weighted by molar-refractivity contribution is 7.09. The summed E-state index contributed by atoms with van der Waals surface area (Å²) in [6, 6.07) is 10.4. The van der Waals surface area contributed by atoms with Crippen LogP contribution in [0.15, 0.2) is 35.7 Å². The number of carbonyl (C=O) groups excluding carboxylic acids is 1. The summed E-state index contributed by atoms with van der Waals surface area (Å²) >= 11 is 1.74. The van der Waals surface area contributed by atoms with Crippen LogP contribution in [0.25, 0.3) is 11.0 Å². The van der Waals surface area contributed by atoms with Gasteiger partial charge in [-0.15, -0.1) is 11.3 Å². The van der Waals surface area contributed by atoms with Crippen molar-refractivity contribution < 1.29 is 14.7 Å². The number of imidazole rings is 1. The highest BCUT2D eigenvalue weighted by Crippen LogP contribution is 2.37. The van der Waals surface area contributed by atoms with E-state index in [1.807, 2.05) is 32.0 Å². The molecule has 6 heteroatoms. The number of nitrogens with zero attached hydrogens (tertiary/aromatic N) is 2. The number of carboxylic acids is 1. The number of hydrogen-bond acceptors (Lipinski definition) is 4. The van der Waals surface area contributed by atoms with Crippen LogP contribution in [0.1, 0.15) is 86.4 Å². The van der Waals surface area contributed by atoms with Crippen molar-refractivity contribution in [2.45, 2.75) is 71.8 Å². The van der Waals surface area contributed by atoms with Crippen molar-refractivity contribution in [1.29, 1.82) is 0 Å². The Morgan fingerprint density at radius 1 is 1.21 bits per heavy atom. The number of fused-ring (bicyclic) bond motifs is 1. The Hall–Kier alpha value is -2.47. The molecule has 1 aliphatic rings. The molecular formula is C27H34N2O3S. The number of hydrogen-bond donors (Lipinski definition) is 1. The third-order valence-corrected chi connectivity index (χ3v) is 7.81. The van der Waals surface area contributed by atoms with Gasteiger partial charge in [0.25, 0.3) is 0 Å². The van der Waals surface area contributed by atoms with Crippen LogP contribution in [0.2, 0.25) is 0 Å². The van der Waals surface area contributed by atoms with Crippen LogP contribution in [0.4, 0.5) is 0 Å². The zero-order valence-electron chi connectivity index (χ0n) is 19.8. The maximum absolute atomic E-state index is 13.0. The quantitative estimate of drug-likeness (QED) is 0.354. The van der Waals surface area contributed by atoms with E-state index in [0.29, 0.717) is 23.9 Å². The summed E-state index contributed by atoms with van der Waals surface area (Å²) in [5.41, 5.74) is 2.47. The smallest absolute Gasteiger partial charge is 0.306 e. The minimum atomic E-state index is -0.896. The number of ketones is 1. The number of Topliss-reactive ketones (excluding diaryl/α,β-unsaturated/α-hetero) is 1. The normalized spacial score (nSPS) is 19.8. The van der Waals surface area contributed by atoms with Gasteiger partial charge in [0.2, 0.25) is 0 Å². The summed E-state index contributed by atoms with van der Waals surface area (Å²) in [5, 5.41) is 11.6. The molecule has 0 aliphatic heterocycles. The van der Waals surface area contributed by atoms with Crippen molar-refractivity contribution in [1.82, 2.24) is 9.55 Å². The third kappa shape index (κ3) is 5.37. The molecule has 0 spiro atoms. The third-order valence-electron chi connectivity index (χ3n) is 6.93. The fraction of sp³-hybridized carbons (Fsp3) is 0.519. The summed E-state index contributed by atoms with van der Waals surface area (Å²) in [7, 11) is 0. The summed E-state index contributed by atoms with van der Waals surface area (Å²) in [4.78, 5) is 30.9. The van der Waals surface area contributed by atoms with Crippen molar-refractivity contribution >= 4 is 34.1 Å². The molecule has 3 atom stereocenters. The first-order valence-corrected chi connectivity index (χ1v) is 13.0. The Labute approximate surface area is 199 Å². The maximum atomic E-state index is 13.0. The van der Waals surface area contributed by atoms with Gasteiger partial charge in [-0.2, -0.15) is 0 Å². The highest BCUT2D eigenvalue weighted by atomic mass is 32.1. The molecule has 2 unspecified atom stereocenters. The molecule has 0 saturated heterocycles. The number of carbonyl (C=O) groups is 2. The second-order valence-electron chi connectivity index (χ2n) is 9.98. The average molecular weight is 467 g/mol. The number of aromatic nitrogens is 2. The lowest BCUT2D eigenvalue weighted by Gasteiger charge is -2.31. The Morgan fingerprint density at radius 2 is 2.00 bits per heavy atom. The van der Waals surface area contributed by atoms with Gasteiger partial charge < -0.3 is 9.67 Å². The zero-order valence-corrected chi connectivity index (χ0v) is 20.6. The standard InChI is InChI=1S/C27H34N2O3S/c1-17(2)13-20(27(31)32)15-25(30)19-10-11-24-22(14-19)28-26(16-21-8-6-12-33-21)29(24)23-9-5-4-7-18(23)3/h6,8,10-12,14,17-18,20,23H,4-5,7,9,13,15-16H2,1-3H3,(H,31,32)/t18?,20-,23?/m1/s1. The molecule has 5 nitrogen and oxygen atoms in total. The van der Waals surface area contributed by atoms with Gasteiger partial charge >= 0.3 is 5.97 Å². The molecule has 3 aromatic rings. The van der Waals surface area contributed by atoms with Crippen molar-refractivity contribution in [2.75, 3.05) is 0 Å². The highest BCUT2D eigenvalue weighted by Gasteiger charge is 2.28. The van der Waals surface area contributed by atoms with Gasteiger partial charge in [-0.25, -0.2) is 4.98 Å². The molecule has 4 rings (SSSR count). The molecule has 0 bridgehead atoms. The SMILES string of the molecule is CC(C)C[C@H](CC(=O)c1ccc2c(c1)nc(Cc1cccs1)n2C1CCCCC1C)C(=O)O. The minimum Gasteiger partial charge on any atom is -0.481 e. The largest absolute Gasteiger partial charge is 0.481 e.